The van der Waals surface area contributed by atoms with Gasteiger partial charge in [-0.3, -0.25) is 0 Å². The molecule has 1 aromatic rings. The van der Waals surface area contributed by atoms with E-state index < -0.39 is 22.1 Å². The van der Waals surface area contributed by atoms with Gasteiger partial charge in [0.15, 0.2) is 6.10 Å². The first-order chi connectivity index (χ1) is 8.83. The van der Waals surface area contributed by atoms with Crippen LogP contribution in [-0.4, -0.2) is 38.7 Å². The molecule has 0 bridgehead atoms. The fourth-order valence-electron chi connectivity index (χ4n) is 1.18. The smallest absolute Gasteiger partial charge is 0.332 e. The number of rotatable bonds is 7. The zero-order valence-corrected chi connectivity index (χ0v) is 11.7. The third-order valence-corrected chi connectivity index (χ3v) is 3.96. The Morgan fingerprint density at radius 3 is 2.53 bits per heavy atom. The van der Waals surface area contributed by atoms with E-state index in [1.54, 1.807) is 0 Å². The predicted octanol–water partition coefficient (Wildman–Crippen LogP) is 1.11. The van der Waals surface area contributed by atoms with Crippen molar-refractivity contribution in [3.63, 3.8) is 0 Å². The molecule has 6 nitrogen and oxygen atoms in total. The Labute approximate surface area is 116 Å². The van der Waals surface area contributed by atoms with Crippen LogP contribution in [0.25, 0.3) is 0 Å². The Bertz CT molecular complexity index is 529. The van der Waals surface area contributed by atoms with E-state index in [4.69, 9.17) is 21.4 Å². The summed E-state index contributed by atoms with van der Waals surface area (Å²) >= 11 is 5.66. The molecule has 0 aliphatic carbocycles. The lowest BCUT2D eigenvalue weighted by molar-refractivity contribution is -0.148. The van der Waals surface area contributed by atoms with Crippen molar-refractivity contribution in [2.75, 3.05) is 13.2 Å². The van der Waals surface area contributed by atoms with E-state index >= 15 is 0 Å². The molecule has 1 atom stereocenters. The summed E-state index contributed by atoms with van der Waals surface area (Å²) in [5.41, 5.74) is 0. The maximum Gasteiger partial charge on any atom is 0.332 e. The van der Waals surface area contributed by atoms with Crippen molar-refractivity contribution in [3.8, 4) is 0 Å². The van der Waals surface area contributed by atoms with Crippen LogP contribution in [0.3, 0.4) is 0 Å². The fraction of sp³-hybridized carbons (Fsp3) is 0.364. The minimum absolute atomic E-state index is 0.0113. The molecule has 0 amide bonds. The molecule has 0 heterocycles. The van der Waals surface area contributed by atoms with Crippen molar-refractivity contribution in [2.24, 2.45) is 0 Å². The summed E-state index contributed by atoms with van der Waals surface area (Å²) in [6, 6.07) is 5.70. The molecule has 0 fully saturated rings. The average Bonchev–Trinajstić information content (AvgIpc) is 2.34. The molecule has 0 aromatic heterocycles. The maximum absolute atomic E-state index is 11.8. The first kappa shape index (κ1) is 15.9. The van der Waals surface area contributed by atoms with Gasteiger partial charge < -0.3 is 9.84 Å². The lowest BCUT2D eigenvalue weighted by atomic mass is 10.4. The molecule has 0 radical (unpaired) electrons. The van der Waals surface area contributed by atoms with Crippen LogP contribution in [0.2, 0.25) is 5.02 Å². The Morgan fingerprint density at radius 1 is 1.42 bits per heavy atom. The first-order valence-corrected chi connectivity index (χ1v) is 7.28. The van der Waals surface area contributed by atoms with Gasteiger partial charge in [-0.05, 0) is 31.2 Å². The van der Waals surface area contributed by atoms with Gasteiger partial charge in [-0.2, -0.15) is 0 Å². The lowest BCUT2D eigenvalue weighted by Crippen LogP contribution is -2.30. The zero-order chi connectivity index (χ0) is 14.5. The van der Waals surface area contributed by atoms with Gasteiger partial charge >= 0.3 is 5.97 Å². The monoisotopic (exact) mass is 307 g/mol. The van der Waals surface area contributed by atoms with Crippen molar-refractivity contribution >= 4 is 27.6 Å². The second kappa shape index (κ2) is 6.85. The van der Waals surface area contributed by atoms with Crippen LogP contribution >= 0.6 is 11.6 Å². The Balaban J connectivity index is 2.48. The number of hydrogen-bond donors (Lipinski definition) is 2. The summed E-state index contributed by atoms with van der Waals surface area (Å²) in [7, 11) is -3.63. The van der Waals surface area contributed by atoms with Gasteiger partial charge in [0, 0.05) is 11.6 Å². The maximum atomic E-state index is 11.8. The molecule has 1 rings (SSSR count). The number of carbonyl (C=O) groups is 1. The second-order valence-corrected chi connectivity index (χ2v) is 5.91. The highest BCUT2D eigenvalue weighted by atomic mass is 35.5. The molecular formula is C11H14ClNO5S. The highest BCUT2D eigenvalue weighted by molar-refractivity contribution is 7.89. The predicted molar refractivity (Wildman–Crippen MR) is 69.7 cm³/mol. The zero-order valence-electron chi connectivity index (χ0n) is 10.2. The third kappa shape index (κ3) is 5.15. The van der Waals surface area contributed by atoms with Crippen molar-refractivity contribution in [3.05, 3.63) is 29.3 Å². The SMILES string of the molecule is CC(OCCNS(=O)(=O)c1ccc(Cl)cc1)C(=O)O. The summed E-state index contributed by atoms with van der Waals surface area (Å²) < 4.78 is 30.8. The second-order valence-electron chi connectivity index (χ2n) is 3.70. The van der Waals surface area contributed by atoms with Gasteiger partial charge in [0.2, 0.25) is 10.0 Å². The number of nitrogens with one attached hydrogen (secondary N) is 1. The van der Waals surface area contributed by atoms with Crippen LogP contribution < -0.4 is 4.72 Å². The van der Waals surface area contributed by atoms with Gasteiger partial charge in [-0.1, -0.05) is 11.6 Å². The van der Waals surface area contributed by atoms with Gasteiger partial charge in [0.05, 0.1) is 11.5 Å². The number of ether oxygens (including phenoxy) is 1. The number of aliphatic carboxylic acids is 1. The largest absolute Gasteiger partial charge is 0.479 e. The number of halogens is 1. The lowest BCUT2D eigenvalue weighted by Gasteiger charge is -2.09. The van der Waals surface area contributed by atoms with Crippen molar-refractivity contribution in [1.29, 1.82) is 0 Å². The molecule has 19 heavy (non-hydrogen) atoms. The number of sulfonamides is 1. The summed E-state index contributed by atoms with van der Waals surface area (Å²) in [4.78, 5) is 10.6. The number of benzene rings is 1. The van der Waals surface area contributed by atoms with E-state index in [2.05, 4.69) is 4.72 Å². The Hall–Kier alpha value is -1.15. The molecule has 106 valence electrons. The summed E-state index contributed by atoms with van der Waals surface area (Å²) in [5, 5.41) is 9.01. The van der Waals surface area contributed by atoms with Crippen LogP contribution in [0, 0.1) is 0 Å². The minimum Gasteiger partial charge on any atom is -0.479 e. The van der Waals surface area contributed by atoms with Gasteiger partial charge in [-0.25, -0.2) is 17.9 Å². The molecule has 0 saturated heterocycles. The highest BCUT2D eigenvalue weighted by Crippen LogP contribution is 2.13. The van der Waals surface area contributed by atoms with E-state index in [1.807, 2.05) is 0 Å². The summed E-state index contributed by atoms with van der Waals surface area (Å²) in [6.07, 6.45) is -0.972. The molecule has 0 aliphatic heterocycles. The van der Waals surface area contributed by atoms with E-state index in [9.17, 15) is 13.2 Å². The molecule has 0 saturated carbocycles. The van der Waals surface area contributed by atoms with E-state index in [0.717, 1.165) is 0 Å². The molecule has 2 N–H and O–H groups in total. The minimum atomic E-state index is -3.63. The van der Waals surface area contributed by atoms with Crippen LogP contribution in [0.1, 0.15) is 6.92 Å². The van der Waals surface area contributed by atoms with Crippen molar-refractivity contribution in [1.82, 2.24) is 4.72 Å². The van der Waals surface area contributed by atoms with Crippen LogP contribution in [0.5, 0.6) is 0 Å². The molecule has 1 aromatic carbocycles. The number of hydrogen-bond acceptors (Lipinski definition) is 4. The van der Waals surface area contributed by atoms with E-state index in [1.165, 1.54) is 31.2 Å². The van der Waals surface area contributed by atoms with Crippen LogP contribution in [0.15, 0.2) is 29.2 Å². The molecule has 0 aliphatic rings. The first-order valence-electron chi connectivity index (χ1n) is 5.42. The average molecular weight is 308 g/mol. The molecule has 1 unspecified atom stereocenters. The summed E-state index contributed by atoms with van der Waals surface area (Å²) in [5.74, 6) is -1.10. The topological polar surface area (TPSA) is 92.7 Å². The molecule has 8 heteroatoms. The number of carboxylic acid groups (broad SMARTS) is 1. The van der Waals surface area contributed by atoms with Crippen LogP contribution in [0.4, 0.5) is 0 Å². The molecule has 0 spiro atoms. The van der Waals surface area contributed by atoms with Gasteiger partial charge in [0.25, 0.3) is 0 Å². The summed E-state index contributed by atoms with van der Waals surface area (Å²) in [6.45, 7) is 1.33. The third-order valence-electron chi connectivity index (χ3n) is 2.23. The van der Waals surface area contributed by atoms with Crippen molar-refractivity contribution in [2.45, 2.75) is 17.9 Å². The quantitative estimate of drug-likeness (QED) is 0.736. The van der Waals surface area contributed by atoms with Crippen LogP contribution in [-0.2, 0) is 19.6 Å². The van der Waals surface area contributed by atoms with Gasteiger partial charge in [0.1, 0.15) is 0 Å². The highest BCUT2D eigenvalue weighted by Gasteiger charge is 2.14. The van der Waals surface area contributed by atoms with Gasteiger partial charge in [-0.15, -0.1) is 0 Å². The Kier molecular flexibility index (Phi) is 5.74. The number of carboxylic acids is 1. The standard InChI is InChI=1S/C11H14ClNO5S/c1-8(11(14)15)18-7-6-13-19(16,17)10-4-2-9(12)3-5-10/h2-5,8,13H,6-7H2,1H3,(H,14,15). The Morgan fingerprint density at radius 2 is 2.00 bits per heavy atom. The molecular weight excluding hydrogens is 294 g/mol. The van der Waals surface area contributed by atoms with Crippen molar-refractivity contribution < 1.29 is 23.1 Å². The normalized spacial score (nSPS) is 13.2. The fourth-order valence-corrected chi connectivity index (χ4v) is 2.32. The van der Waals surface area contributed by atoms with E-state index in [-0.39, 0.29) is 18.0 Å². The van der Waals surface area contributed by atoms with E-state index in [0.29, 0.717) is 5.02 Å².